The largest absolute Gasteiger partial charge is 0.489 e. The van der Waals surface area contributed by atoms with Crippen molar-refractivity contribution in [2.75, 3.05) is 19.7 Å². The van der Waals surface area contributed by atoms with Crippen LogP contribution in [-0.4, -0.2) is 66.8 Å². The molecule has 10 heteroatoms. The van der Waals surface area contributed by atoms with Crippen LogP contribution >= 0.6 is 0 Å². The van der Waals surface area contributed by atoms with Crippen molar-refractivity contribution >= 4 is 21.6 Å². The number of amides is 1. The smallest absolute Gasteiger partial charge is 0.254 e. The summed E-state index contributed by atoms with van der Waals surface area (Å²) in [6.07, 6.45) is 18.6. The average molecular weight is 867 g/mol. The van der Waals surface area contributed by atoms with Crippen molar-refractivity contribution in [2.24, 2.45) is 5.73 Å². The normalized spacial score (nSPS) is 16.3. The van der Waals surface area contributed by atoms with E-state index in [1.54, 1.807) is 29.2 Å². The number of aliphatic hydroxyl groups is 1. The summed E-state index contributed by atoms with van der Waals surface area (Å²) < 4.78 is 31.5. The van der Waals surface area contributed by atoms with E-state index in [2.05, 4.69) is 48.2 Å². The van der Waals surface area contributed by atoms with Crippen LogP contribution in [0.5, 0.6) is 5.75 Å². The van der Waals surface area contributed by atoms with E-state index in [9.17, 15) is 18.3 Å². The second kappa shape index (κ2) is 26.2. The van der Waals surface area contributed by atoms with Gasteiger partial charge in [0.2, 0.25) is 0 Å². The van der Waals surface area contributed by atoms with Crippen LogP contribution in [0.2, 0.25) is 0 Å². The van der Waals surface area contributed by atoms with Crippen LogP contribution in [-0.2, 0) is 35.2 Å². The number of nitrogens with two attached hydrogens (primary N) is 1. The summed E-state index contributed by atoms with van der Waals surface area (Å²) in [4.78, 5) is 17.1. The van der Waals surface area contributed by atoms with Crippen molar-refractivity contribution < 1.29 is 23.1 Å². The number of hydrogen-bond donors (Lipinski definition) is 3. The molecule has 0 unspecified atom stereocenters. The number of aliphatic hydroxyl groups excluding tert-OH is 1. The lowest BCUT2D eigenvalue weighted by Crippen LogP contribution is -2.43. The van der Waals surface area contributed by atoms with E-state index >= 15 is 0 Å². The number of likely N-dealkylation sites (tertiary alicyclic amines) is 2. The van der Waals surface area contributed by atoms with Crippen LogP contribution in [0, 0.1) is 12.3 Å². The van der Waals surface area contributed by atoms with Gasteiger partial charge in [0.1, 0.15) is 18.2 Å². The minimum absolute atomic E-state index is 0. The van der Waals surface area contributed by atoms with Gasteiger partial charge in [0.05, 0.1) is 23.3 Å². The molecule has 62 heavy (non-hydrogen) atoms. The molecule has 0 bridgehead atoms. The molecule has 0 spiro atoms. The Morgan fingerprint density at radius 3 is 2.03 bits per heavy atom. The van der Waals surface area contributed by atoms with Crippen molar-refractivity contribution in [3.05, 3.63) is 130 Å². The second-order valence-corrected chi connectivity index (χ2v) is 19.0. The Labute approximate surface area is 373 Å². The van der Waals surface area contributed by atoms with Crippen LogP contribution in [0.25, 0.3) is 0 Å². The molecule has 4 aromatic rings. The fraction of sp³-hybridized carbons (Fsp3) is 0.500. The molecule has 2 aliphatic heterocycles. The summed E-state index contributed by atoms with van der Waals surface area (Å²) in [5.74, 6) is 0.710. The number of rotatable bonds is 22. The van der Waals surface area contributed by atoms with Crippen molar-refractivity contribution in [1.29, 1.82) is 5.41 Å². The fourth-order valence-corrected chi connectivity index (χ4v) is 9.85. The first kappa shape index (κ1) is 50.1. The van der Waals surface area contributed by atoms with Gasteiger partial charge in [0, 0.05) is 24.7 Å². The molecule has 2 heterocycles. The summed E-state index contributed by atoms with van der Waals surface area (Å²) in [6, 6.07) is 30.6. The molecule has 4 N–H and O–H groups in total. The van der Waals surface area contributed by atoms with Crippen molar-refractivity contribution in [1.82, 2.24) is 9.80 Å². The predicted molar refractivity (Wildman–Crippen MR) is 254 cm³/mol. The summed E-state index contributed by atoms with van der Waals surface area (Å²) in [7, 11) is -3.41. The van der Waals surface area contributed by atoms with Gasteiger partial charge in [-0.05, 0) is 116 Å². The van der Waals surface area contributed by atoms with E-state index in [1.807, 2.05) is 43.3 Å². The number of amidine groups is 1. The third kappa shape index (κ3) is 16.0. The number of aryl methyl sites for hydroxylation is 2. The number of nitrogens with one attached hydrogen (secondary N) is 1. The van der Waals surface area contributed by atoms with Crippen LogP contribution in [0.1, 0.15) is 142 Å². The molecule has 1 amide bonds. The molecule has 6 rings (SSSR count). The van der Waals surface area contributed by atoms with Gasteiger partial charge in [0.25, 0.3) is 5.91 Å². The van der Waals surface area contributed by atoms with E-state index in [0.29, 0.717) is 34.9 Å². The highest BCUT2D eigenvalue weighted by Crippen LogP contribution is 2.25. The monoisotopic (exact) mass is 867 g/mol. The van der Waals surface area contributed by atoms with Crippen molar-refractivity contribution in [3.63, 3.8) is 0 Å². The zero-order valence-corrected chi connectivity index (χ0v) is 37.5. The lowest BCUT2D eigenvalue weighted by atomic mass is 10.0. The zero-order chi connectivity index (χ0) is 43.5. The topological polar surface area (TPSA) is 137 Å². The standard InChI is InChI=1S/C27H31NO4S.C24H39N3O.CH4/c1-21-14-24(20-33(30,31)27-7-3-2-4-8-27)16-26(15-21)32-19-23-11-9-22(10-12-23)17-28-13-5-6-25(28)18-29;1-2-3-4-5-6-7-8-9-10-11-13-20-15-17-21(18-16-20)24(28)27-19-12-14-22(27)23(25)26;/h2-4,7-12,14-16,25,29H,5-6,13,17-20H2,1H3;15-18,22H,2-14,19H2,1H3,(H3,25,26);1H4/t25-;22-;/m10./s1. The van der Waals surface area contributed by atoms with Crippen LogP contribution < -0.4 is 10.5 Å². The van der Waals surface area contributed by atoms with Gasteiger partial charge >= 0.3 is 0 Å². The third-order valence-corrected chi connectivity index (χ3v) is 13.7. The number of ether oxygens (including phenoxy) is 1. The van der Waals surface area contributed by atoms with Gasteiger partial charge in [-0.15, -0.1) is 0 Å². The zero-order valence-electron chi connectivity index (χ0n) is 36.7. The summed E-state index contributed by atoms with van der Waals surface area (Å²) in [5, 5.41) is 17.2. The molecule has 338 valence electrons. The summed E-state index contributed by atoms with van der Waals surface area (Å²) in [6.45, 7) is 7.43. The molecule has 4 aromatic carbocycles. The SMILES string of the molecule is C.CCCCCCCCCCCCc1ccc(C(=O)N2CCC[C@H]2C(=N)N)cc1.Cc1cc(CS(=O)(=O)c2ccccc2)cc(OCc2ccc(CN3CCC[C@@H]3CO)cc2)c1. The Bertz CT molecular complexity index is 2040. The Kier molecular flexibility index (Phi) is 21.2. The highest BCUT2D eigenvalue weighted by atomic mass is 32.2. The molecule has 2 aliphatic rings. The first-order valence-corrected chi connectivity index (χ1v) is 24.4. The number of hydrogen-bond acceptors (Lipinski definition) is 7. The minimum atomic E-state index is -3.41. The highest BCUT2D eigenvalue weighted by molar-refractivity contribution is 7.90. The predicted octanol–water partition coefficient (Wildman–Crippen LogP) is 10.8. The molecule has 2 atom stereocenters. The van der Waals surface area contributed by atoms with E-state index in [1.165, 1.54) is 75.3 Å². The second-order valence-electron chi connectivity index (χ2n) is 17.0. The Morgan fingerprint density at radius 1 is 0.774 bits per heavy atom. The van der Waals surface area contributed by atoms with Crippen molar-refractivity contribution in [3.8, 4) is 5.75 Å². The molecular formula is C52H74N4O5S. The van der Waals surface area contributed by atoms with Gasteiger partial charge in [-0.3, -0.25) is 15.1 Å². The van der Waals surface area contributed by atoms with Crippen molar-refractivity contribution in [2.45, 2.75) is 153 Å². The van der Waals surface area contributed by atoms with Crippen LogP contribution in [0.3, 0.4) is 0 Å². The number of carbonyl (C=O) groups excluding carboxylic acids is 1. The van der Waals surface area contributed by atoms with Gasteiger partial charge in [-0.2, -0.15) is 0 Å². The van der Waals surface area contributed by atoms with Crippen LogP contribution in [0.4, 0.5) is 0 Å². The fourth-order valence-electron chi connectivity index (χ4n) is 8.50. The Hall–Kier alpha value is -4.51. The summed E-state index contributed by atoms with van der Waals surface area (Å²) >= 11 is 0. The minimum Gasteiger partial charge on any atom is -0.489 e. The van der Waals surface area contributed by atoms with E-state index in [-0.39, 0.29) is 43.6 Å². The van der Waals surface area contributed by atoms with Gasteiger partial charge in [-0.1, -0.05) is 133 Å². The molecule has 0 aliphatic carbocycles. The number of benzene rings is 4. The number of sulfone groups is 1. The maximum atomic E-state index is 12.7. The van der Waals surface area contributed by atoms with E-state index in [4.69, 9.17) is 15.9 Å². The Morgan fingerprint density at radius 2 is 1.39 bits per heavy atom. The average Bonchev–Trinajstić information content (AvgIpc) is 3.95. The third-order valence-electron chi connectivity index (χ3n) is 12.0. The molecule has 2 fully saturated rings. The molecule has 0 radical (unpaired) electrons. The first-order valence-electron chi connectivity index (χ1n) is 22.7. The van der Waals surface area contributed by atoms with Gasteiger partial charge in [0.15, 0.2) is 9.84 Å². The number of carbonyl (C=O) groups is 1. The number of unbranched alkanes of at least 4 members (excludes halogenated alkanes) is 9. The highest BCUT2D eigenvalue weighted by Gasteiger charge is 2.31. The molecule has 0 saturated carbocycles. The lowest BCUT2D eigenvalue weighted by Gasteiger charge is -2.23. The Balaban J connectivity index is 0.000000272. The van der Waals surface area contributed by atoms with Crippen LogP contribution in [0.15, 0.2) is 102 Å². The molecule has 9 nitrogen and oxygen atoms in total. The quantitative estimate of drug-likeness (QED) is 0.0406. The van der Waals surface area contributed by atoms with E-state index < -0.39 is 9.84 Å². The molecular weight excluding hydrogens is 793 g/mol. The maximum Gasteiger partial charge on any atom is 0.254 e. The van der Waals surface area contributed by atoms with Gasteiger partial charge < -0.3 is 20.5 Å². The number of nitrogens with zero attached hydrogens (tertiary/aromatic N) is 2. The maximum absolute atomic E-state index is 12.7. The molecule has 0 aromatic heterocycles. The first-order chi connectivity index (χ1) is 29.6. The summed E-state index contributed by atoms with van der Waals surface area (Å²) in [5.41, 5.74) is 11.6. The molecule has 2 saturated heterocycles. The van der Waals surface area contributed by atoms with E-state index in [0.717, 1.165) is 56.3 Å². The van der Waals surface area contributed by atoms with Gasteiger partial charge in [-0.25, -0.2) is 8.42 Å². The lowest BCUT2D eigenvalue weighted by molar-refractivity contribution is 0.0769.